The summed E-state index contributed by atoms with van der Waals surface area (Å²) in [5.74, 6) is 0.451. The molecule has 0 aliphatic carbocycles. The average molecular weight is 416 g/mol. The Bertz CT molecular complexity index is 969. The van der Waals surface area contributed by atoms with Crippen molar-refractivity contribution in [2.75, 3.05) is 19.5 Å². The van der Waals surface area contributed by atoms with Gasteiger partial charge in [-0.25, -0.2) is 19.4 Å². The fourth-order valence-corrected chi connectivity index (χ4v) is 4.98. The van der Waals surface area contributed by atoms with Crippen LogP contribution in [0.2, 0.25) is 0 Å². The van der Waals surface area contributed by atoms with Crippen molar-refractivity contribution >= 4 is 22.7 Å². The highest BCUT2D eigenvalue weighted by Crippen LogP contribution is 2.48. The van der Waals surface area contributed by atoms with Crippen LogP contribution < -0.4 is 10.5 Å². The van der Waals surface area contributed by atoms with E-state index in [-0.39, 0.29) is 42.3 Å². The number of methoxy groups -OCH3 is 1. The third-order valence-electron chi connectivity index (χ3n) is 5.45. The van der Waals surface area contributed by atoms with E-state index in [1.165, 1.54) is 37.3 Å². The minimum Gasteiger partial charge on any atom is -0.480 e. The van der Waals surface area contributed by atoms with Gasteiger partial charge in [-0.1, -0.05) is 17.8 Å². The van der Waals surface area contributed by atoms with Crippen molar-refractivity contribution in [3.05, 3.63) is 53.2 Å². The van der Waals surface area contributed by atoms with E-state index in [9.17, 15) is 9.18 Å². The Morgan fingerprint density at radius 2 is 2.24 bits per heavy atom. The summed E-state index contributed by atoms with van der Waals surface area (Å²) in [5, 5.41) is 0.424. The molecule has 7 nitrogen and oxygen atoms in total. The first kappa shape index (κ1) is 19.8. The molecule has 0 spiro atoms. The smallest absolute Gasteiger partial charge is 0.232 e. The molecule has 1 aromatic heterocycles. The van der Waals surface area contributed by atoms with Gasteiger partial charge in [-0.15, -0.1) is 0 Å². The number of ether oxygens (including phenoxy) is 2. The lowest BCUT2D eigenvalue weighted by Crippen LogP contribution is -2.41. The molecular weight excluding hydrogens is 395 g/mol. The summed E-state index contributed by atoms with van der Waals surface area (Å²) in [6.07, 6.45) is 2.77. The number of carbonyl (C=O) groups excluding carboxylic acids is 1. The number of halogens is 1. The summed E-state index contributed by atoms with van der Waals surface area (Å²) >= 11 is 1.46. The van der Waals surface area contributed by atoms with E-state index in [4.69, 9.17) is 15.2 Å². The Hall–Kier alpha value is -2.52. The highest BCUT2D eigenvalue weighted by molar-refractivity contribution is 8.13. The minimum atomic E-state index is -0.863. The van der Waals surface area contributed by atoms with Crippen LogP contribution in [-0.4, -0.2) is 46.5 Å². The zero-order chi connectivity index (χ0) is 20.6. The molecular formula is C20H21FN4O3S. The van der Waals surface area contributed by atoms with Crippen molar-refractivity contribution in [2.24, 2.45) is 16.6 Å². The maximum atomic E-state index is 14.9. The summed E-state index contributed by atoms with van der Waals surface area (Å²) < 4.78 is 25.7. The van der Waals surface area contributed by atoms with Crippen LogP contribution >= 0.6 is 11.8 Å². The molecule has 0 bridgehead atoms. The molecule has 0 radical (unpaired) electrons. The fraction of sp³-hybridized carbons (Fsp3) is 0.400. The number of ketones is 1. The third-order valence-corrected chi connectivity index (χ3v) is 6.36. The number of aliphatic imine (C=N–C) groups is 1. The van der Waals surface area contributed by atoms with E-state index in [0.29, 0.717) is 27.9 Å². The Labute approximate surface area is 171 Å². The monoisotopic (exact) mass is 416 g/mol. The van der Waals surface area contributed by atoms with E-state index in [2.05, 4.69) is 15.0 Å². The Morgan fingerprint density at radius 1 is 1.41 bits per heavy atom. The SMILES string of the molecule is COc1cnc(C(=O)Cc2ccc(F)c([C@]34CO[C@H](C)[C@H]3CSC(N)=N4)c2)cn1. The number of nitrogens with zero attached hydrogens (tertiary/aromatic N) is 3. The van der Waals surface area contributed by atoms with Crippen LogP contribution in [-0.2, 0) is 16.7 Å². The van der Waals surface area contributed by atoms with E-state index < -0.39 is 5.54 Å². The van der Waals surface area contributed by atoms with Gasteiger partial charge in [-0.2, -0.15) is 0 Å². The number of fused-ring (bicyclic) bond motifs is 1. The van der Waals surface area contributed by atoms with Gasteiger partial charge in [0.1, 0.15) is 17.1 Å². The lowest BCUT2D eigenvalue weighted by molar-refractivity contribution is 0.0987. The fourth-order valence-electron chi connectivity index (χ4n) is 3.86. The molecule has 152 valence electrons. The van der Waals surface area contributed by atoms with Crippen LogP contribution in [0.1, 0.15) is 28.5 Å². The first-order valence-corrected chi connectivity index (χ1v) is 10.2. The van der Waals surface area contributed by atoms with Crippen LogP contribution in [0.3, 0.4) is 0 Å². The number of thioether (sulfide) groups is 1. The number of amidine groups is 1. The van der Waals surface area contributed by atoms with Crippen LogP contribution in [0.4, 0.5) is 4.39 Å². The van der Waals surface area contributed by atoms with Gasteiger partial charge in [0.15, 0.2) is 11.0 Å². The van der Waals surface area contributed by atoms with E-state index in [1.54, 1.807) is 12.1 Å². The lowest BCUT2D eigenvalue weighted by atomic mass is 9.78. The van der Waals surface area contributed by atoms with Gasteiger partial charge in [-0.3, -0.25) is 4.79 Å². The molecule has 2 aromatic rings. The zero-order valence-electron chi connectivity index (χ0n) is 16.1. The number of benzene rings is 1. The minimum absolute atomic E-state index is 0.00714. The highest BCUT2D eigenvalue weighted by Gasteiger charge is 2.52. The second kappa shape index (κ2) is 7.72. The zero-order valence-corrected chi connectivity index (χ0v) is 16.9. The molecule has 9 heteroatoms. The third kappa shape index (κ3) is 3.60. The average Bonchev–Trinajstić information content (AvgIpc) is 3.06. The maximum Gasteiger partial charge on any atom is 0.232 e. The van der Waals surface area contributed by atoms with E-state index in [1.807, 2.05) is 6.92 Å². The van der Waals surface area contributed by atoms with Gasteiger partial charge in [0.2, 0.25) is 5.88 Å². The standard InChI is InChI=1S/C20H21FN4O3S/c1-11-14-9-29-19(22)25-20(14,10-28-11)13-5-12(3-4-15(13)21)6-17(26)16-7-24-18(27-2)8-23-16/h3-5,7-8,11,14H,6,9-10H2,1-2H3,(H2,22,25)/t11-,14-,20-/m1/s1. The van der Waals surface area contributed by atoms with E-state index >= 15 is 0 Å². The molecule has 0 saturated carbocycles. The van der Waals surface area contributed by atoms with Crippen LogP contribution in [0.5, 0.6) is 5.88 Å². The molecule has 0 unspecified atom stereocenters. The molecule has 1 fully saturated rings. The molecule has 29 heavy (non-hydrogen) atoms. The first-order chi connectivity index (χ1) is 13.9. The van der Waals surface area contributed by atoms with Gasteiger partial charge in [0.25, 0.3) is 0 Å². The number of nitrogens with two attached hydrogens (primary N) is 1. The van der Waals surface area contributed by atoms with Crippen molar-refractivity contribution in [1.82, 2.24) is 9.97 Å². The quantitative estimate of drug-likeness (QED) is 0.747. The van der Waals surface area contributed by atoms with Gasteiger partial charge in [0, 0.05) is 23.7 Å². The van der Waals surface area contributed by atoms with Crippen molar-refractivity contribution in [3.63, 3.8) is 0 Å². The second-order valence-corrected chi connectivity index (χ2v) is 8.21. The van der Waals surface area contributed by atoms with Crippen molar-refractivity contribution in [2.45, 2.75) is 25.0 Å². The van der Waals surface area contributed by atoms with Gasteiger partial charge in [0.05, 0.1) is 32.2 Å². The molecule has 3 heterocycles. The van der Waals surface area contributed by atoms with Crippen molar-refractivity contribution in [1.29, 1.82) is 0 Å². The highest BCUT2D eigenvalue weighted by atomic mass is 32.2. The molecule has 1 aromatic carbocycles. The van der Waals surface area contributed by atoms with Gasteiger partial charge >= 0.3 is 0 Å². The Kier molecular flexibility index (Phi) is 5.26. The normalized spacial score (nSPS) is 26.0. The number of hydrogen-bond acceptors (Lipinski definition) is 8. The number of aromatic nitrogens is 2. The maximum absolute atomic E-state index is 14.9. The summed E-state index contributed by atoms with van der Waals surface area (Å²) in [4.78, 5) is 25.3. The van der Waals surface area contributed by atoms with Crippen LogP contribution in [0, 0.1) is 11.7 Å². The van der Waals surface area contributed by atoms with Crippen molar-refractivity contribution in [3.8, 4) is 5.88 Å². The van der Waals surface area contributed by atoms with E-state index in [0.717, 1.165) is 0 Å². The Morgan fingerprint density at radius 3 is 2.97 bits per heavy atom. The summed E-state index contributed by atoms with van der Waals surface area (Å²) in [5.41, 5.74) is 6.43. The van der Waals surface area contributed by atoms with Crippen LogP contribution in [0.25, 0.3) is 0 Å². The largest absolute Gasteiger partial charge is 0.480 e. The van der Waals surface area contributed by atoms with Crippen LogP contribution in [0.15, 0.2) is 35.6 Å². The number of Topliss-reactive ketones (excluding diaryl/α,β-unsaturated/α-hetero) is 1. The topological polar surface area (TPSA) is 99.7 Å². The summed E-state index contributed by atoms with van der Waals surface area (Å²) in [6, 6.07) is 4.68. The predicted octanol–water partition coefficient (Wildman–Crippen LogP) is 2.34. The number of rotatable bonds is 5. The molecule has 1 saturated heterocycles. The van der Waals surface area contributed by atoms with Gasteiger partial charge in [-0.05, 0) is 24.6 Å². The second-order valence-electron chi connectivity index (χ2n) is 7.17. The molecule has 3 atom stereocenters. The molecule has 0 amide bonds. The van der Waals surface area contributed by atoms with Gasteiger partial charge < -0.3 is 15.2 Å². The number of carbonyl (C=O) groups is 1. The summed E-state index contributed by atoms with van der Waals surface area (Å²) in [6.45, 7) is 2.23. The lowest BCUT2D eigenvalue weighted by Gasteiger charge is -2.35. The molecule has 4 rings (SSSR count). The van der Waals surface area contributed by atoms with Crippen molar-refractivity contribution < 1.29 is 18.7 Å². The first-order valence-electron chi connectivity index (χ1n) is 9.21. The predicted molar refractivity (Wildman–Crippen MR) is 108 cm³/mol. The molecule has 2 N–H and O–H groups in total. The number of hydrogen-bond donors (Lipinski definition) is 1. The Balaban J connectivity index is 1.65. The molecule has 2 aliphatic rings. The summed E-state index contributed by atoms with van der Waals surface area (Å²) in [7, 11) is 1.48. The molecule has 2 aliphatic heterocycles.